The number of amides is 3. The molecule has 3 amide bonds. The first kappa shape index (κ1) is 16.7. The second-order valence-corrected chi connectivity index (χ2v) is 6.39. The minimum absolute atomic E-state index is 0.220. The van der Waals surface area contributed by atoms with Crippen molar-refractivity contribution >= 4 is 17.6 Å². The Morgan fingerprint density at radius 1 is 1.17 bits per heavy atom. The van der Waals surface area contributed by atoms with Crippen molar-refractivity contribution in [2.75, 3.05) is 31.1 Å². The van der Waals surface area contributed by atoms with E-state index < -0.39 is 12.1 Å². The molecule has 0 radical (unpaired) electrons. The zero-order valence-electron chi connectivity index (χ0n) is 13.8. The van der Waals surface area contributed by atoms with Gasteiger partial charge in [-0.2, -0.15) is 0 Å². The van der Waals surface area contributed by atoms with Gasteiger partial charge in [0, 0.05) is 32.2 Å². The number of rotatable bonds is 4. The highest BCUT2D eigenvalue weighted by Gasteiger charge is 2.29. The Labute approximate surface area is 141 Å². The molecule has 1 atom stereocenters. The Balaban J connectivity index is 1.49. The lowest BCUT2D eigenvalue weighted by Gasteiger charge is -2.38. The van der Waals surface area contributed by atoms with E-state index in [1.807, 2.05) is 15.9 Å². The van der Waals surface area contributed by atoms with Gasteiger partial charge in [0.15, 0.2) is 0 Å². The van der Waals surface area contributed by atoms with Crippen LogP contribution in [-0.2, 0) is 4.79 Å². The smallest absolute Gasteiger partial charge is 0.321 e. The van der Waals surface area contributed by atoms with Gasteiger partial charge in [-0.15, -0.1) is 0 Å². The predicted molar refractivity (Wildman–Crippen MR) is 89.3 cm³/mol. The van der Waals surface area contributed by atoms with Crippen LogP contribution in [0.2, 0.25) is 0 Å². The lowest BCUT2D eigenvalue weighted by atomic mass is 10.2. The van der Waals surface area contributed by atoms with Crippen LogP contribution in [0.15, 0.2) is 24.3 Å². The average Bonchev–Trinajstić information content (AvgIpc) is 3.38. The van der Waals surface area contributed by atoms with Crippen molar-refractivity contribution < 1.29 is 14.0 Å². The van der Waals surface area contributed by atoms with Gasteiger partial charge < -0.3 is 10.2 Å². The number of nitrogens with zero attached hydrogens (tertiary/aromatic N) is 2. The van der Waals surface area contributed by atoms with Crippen molar-refractivity contribution in [1.29, 1.82) is 0 Å². The van der Waals surface area contributed by atoms with Gasteiger partial charge in [-0.1, -0.05) is 12.1 Å². The molecule has 1 aliphatic heterocycles. The van der Waals surface area contributed by atoms with Gasteiger partial charge in [0.2, 0.25) is 5.91 Å². The van der Waals surface area contributed by atoms with Crippen molar-refractivity contribution in [3.8, 4) is 0 Å². The molecule has 2 N–H and O–H groups in total. The van der Waals surface area contributed by atoms with E-state index in [4.69, 9.17) is 0 Å². The molecule has 1 aromatic carbocycles. The van der Waals surface area contributed by atoms with Gasteiger partial charge >= 0.3 is 6.03 Å². The van der Waals surface area contributed by atoms with Crippen LogP contribution in [0.4, 0.5) is 14.9 Å². The summed E-state index contributed by atoms with van der Waals surface area (Å²) in [4.78, 5) is 27.8. The Morgan fingerprint density at radius 3 is 2.46 bits per heavy atom. The number of hydrogen-bond acceptors (Lipinski definition) is 4. The minimum Gasteiger partial charge on any atom is -0.367 e. The molecule has 2 fully saturated rings. The lowest BCUT2D eigenvalue weighted by Crippen LogP contribution is -2.55. The van der Waals surface area contributed by atoms with Gasteiger partial charge in [0.25, 0.3) is 0 Å². The number of halogens is 1. The third-order valence-corrected chi connectivity index (χ3v) is 4.58. The van der Waals surface area contributed by atoms with E-state index in [-0.39, 0.29) is 17.8 Å². The quantitative estimate of drug-likeness (QED) is 0.872. The van der Waals surface area contributed by atoms with E-state index in [1.165, 1.54) is 6.07 Å². The van der Waals surface area contributed by atoms with Crippen molar-refractivity contribution in [3.05, 3.63) is 30.1 Å². The third kappa shape index (κ3) is 4.03. The molecule has 1 saturated heterocycles. The molecule has 24 heavy (non-hydrogen) atoms. The Morgan fingerprint density at radius 2 is 1.83 bits per heavy atom. The lowest BCUT2D eigenvalue weighted by molar-refractivity contribution is -0.124. The van der Waals surface area contributed by atoms with Crippen LogP contribution in [-0.4, -0.2) is 55.1 Å². The number of benzene rings is 1. The number of imide groups is 1. The molecule has 2 aliphatic rings. The van der Waals surface area contributed by atoms with E-state index in [2.05, 4.69) is 10.6 Å². The summed E-state index contributed by atoms with van der Waals surface area (Å²) in [5.74, 6) is -0.527. The van der Waals surface area contributed by atoms with Gasteiger partial charge in [-0.25, -0.2) is 9.18 Å². The summed E-state index contributed by atoms with van der Waals surface area (Å²) in [5, 5.41) is 5.13. The molecule has 3 rings (SSSR count). The van der Waals surface area contributed by atoms with E-state index in [0.29, 0.717) is 31.9 Å². The van der Waals surface area contributed by atoms with E-state index in [1.54, 1.807) is 19.1 Å². The molecule has 130 valence electrons. The number of carbonyl (C=O) groups excluding carboxylic acids is 2. The summed E-state index contributed by atoms with van der Waals surface area (Å²) in [6, 6.07) is 6.13. The van der Waals surface area contributed by atoms with E-state index in [0.717, 1.165) is 12.8 Å². The highest BCUT2D eigenvalue weighted by Crippen LogP contribution is 2.21. The van der Waals surface area contributed by atoms with Crippen LogP contribution in [0.25, 0.3) is 0 Å². The van der Waals surface area contributed by atoms with Crippen molar-refractivity contribution in [1.82, 2.24) is 15.5 Å². The molecule has 1 aliphatic carbocycles. The van der Waals surface area contributed by atoms with Crippen LogP contribution in [0, 0.1) is 5.82 Å². The normalized spacial score (nSPS) is 19.7. The number of hydrogen-bond donors (Lipinski definition) is 2. The first-order valence-electron chi connectivity index (χ1n) is 8.39. The molecular formula is C17H23FN4O2. The number of carbonyl (C=O) groups is 2. The zero-order valence-corrected chi connectivity index (χ0v) is 13.8. The van der Waals surface area contributed by atoms with Gasteiger partial charge in [-0.05, 0) is 31.9 Å². The average molecular weight is 334 g/mol. The molecule has 0 spiro atoms. The fourth-order valence-corrected chi connectivity index (χ4v) is 2.89. The highest BCUT2D eigenvalue weighted by atomic mass is 19.1. The molecule has 1 heterocycles. The molecule has 7 heteroatoms. The number of anilines is 1. The summed E-state index contributed by atoms with van der Waals surface area (Å²) >= 11 is 0. The first-order valence-corrected chi connectivity index (χ1v) is 8.39. The summed E-state index contributed by atoms with van der Waals surface area (Å²) in [7, 11) is 0. The second kappa shape index (κ2) is 7.17. The number of para-hydroxylation sites is 1. The third-order valence-electron chi connectivity index (χ3n) is 4.58. The molecule has 0 aromatic heterocycles. The van der Waals surface area contributed by atoms with Crippen LogP contribution in [0.1, 0.15) is 19.8 Å². The molecule has 6 nitrogen and oxygen atoms in total. The standard InChI is InChI=1S/C17H23FN4O2/c1-12(16(23)20-17(24)19-13-6-7-13)21-8-10-22(11-9-21)15-5-3-2-4-14(15)18/h2-5,12-13H,6-11H2,1H3,(H2,19,20,23,24)/t12-/m0/s1. The van der Waals surface area contributed by atoms with Crippen LogP contribution >= 0.6 is 0 Å². The van der Waals surface area contributed by atoms with E-state index in [9.17, 15) is 14.0 Å². The van der Waals surface area contributed by atoms with Gasteiger partial charge in [0.1, 0.15) is 5.82 Å². The number of urea groups is 1. The summed E-state index contributed by atoms with van der Waals surface area (Å²) in [6.45, 7) is 4.37. The SMILES string of the molecule is C[C@@H](C(=O)NC(=O)NC1CC1)N1CCN(c2ccccc2F)CC1. The van der Waals surface area contributed by atoms with Crippen molar-refractivity contribution in [2.24, 2.45) is 0 Å². The fraction of sp³-hybridized carbons (Fsp3) is 0.529. The maximum absolute atomic E-state index is 13.8. The molecule has 0 bridgehead atoms. The van der Waals surface area contributed by atoms with Crippen LogP contribution in [0.5, 0.6) is 0 Å². The topological polar surface area (TPSA) is 64.7 Å². The minimum atomic E-state index is -0.417. The summed E-state index contributed by atoms with van der Waals surface area (Å²) < 4.78 is 13.8. The Kier molecular flexibility index (Phi) is 4.99. The molecule has 1 aromatic rings. The molecular weight excluding hydrogens is 311 g/mol. The fourth-order valence-electron chi connectivity index (χ4n) is 2.89. The highest BCUT2D eigenvalue weighted by molar-refractivity contribution is 5.97. The summed E-state index contributed by atoms with van der Waals surface area (Å²) in [6.07, 6.45) is 1.96. The van der Waals surface area contributed by atoms with Crippen molar-refractivity contribution in [3.63, 3.8) is 0 Å². The van der Waals surface area contributed by atoms with Crippen LogP contribution in [0.3, 0.4) is 0 Å². The maximum atomic E-state index is 13.8. The van der Waals surface area contributed by atoms with Crippen LogP contribution < -0.4 is 15.5 Å². The predicted octanol–water partition coefficient (Wildman–Crippen LogP) is 1.32. The zero-order chi connectivity index (χ0) is 17.1. The van der Waals surface area contributed by atoms with E-state index >= 15 is 0 Å². The molecule has 1 saturated carbocycles. The summed E-state index contributed by atoms with van der Waals surface area (Å²) in [5.41, 5.74) is 0.595. The number of piperazine rings is 1. The van der Waals surface area contributed by atoms with Crippen molar-refractivity contribution in [2.45, 2.75) is 31.8 Å². The Hall–Kier alpha value is -2.15. The largest absolute Gasteiger partial charge is 0.367 e. The monoisotopic (exact) mass is 334 g/mol. The second-order valence-electron chi connectivity index (χ2n) is 6.39. The van der Waals surface area contributed by atoms with Gasteiger partial charge in [-0.3, -0.25) is 15.0 Å². The first-order chi connectivity index (χ1) is 11.5. The Bertz CT molecular complexity index is 612. The molecule has 0 unspecified atom stereocenters. The number of nitrogens with one attached hydrogen (secondary N) is 2. The van der Waals surface area contributed by atoms with Gasteiger partial charge in [0.05, 0.1) is 11.7 Å². The maximum Gasteiger partial charge on any atom is 0.321 e.